The zero-order chi connectivity index (χ0) is 17.0. The average molecular weight is 339 g/mol. The first-order valence-corrected chi connectivity index (χ1v) is 8.64. The van der Waals surface area contributed by atoms with E-state index in [4.69, 9.17) is 16.3 Å². The molecule has 1 saturated heterocycles. The summed E-state index contributed by atoms with van der Waals surface area (Å²) in [6, 6.07) is 6.29. The van der Waals surface area contributed by atoms with E-state index in [0.717, 1.165) is 31.6 Å². The molecule has 1 aromatic rings. The van der Waals surface area contributed by atoms with Crippen LogP contribution in [0.15, 0.2) is 18.2 Å². The summed E-state index contributed by atoms with van der Waals surface area (Å²) in [4.78, 5) is 14.1. The van der Waals surface area contributed by atoms with Crippen LogP contribution in [-0.2, 0) is 11.3 Å². The van der Waals surface area contributed by atoms with Gasteiger partial charge in [0.05, 0.1) is 12.1 Å². The van der Waals surface area contributed by atoms with Gasteiger partial charge in [-0.15, -0.1) is 0 Å². The number of nitrogens with zero attached hydrogens (tertiary/aromatic N) is 1. The second-order valence-electron chi connectivity index (χ2n) is 6.66. The molecule has 128 valence electrons. The number of rotatable bonds is 5. The molecule has 0 radical (unpaired) electrons. The van der Waals surface area contributed by atoms with Gasteiger partial charge in [0, 0.05) is 31.6 Å². The minimum atomic E-state index is 0.0770. The maximum Gasteiger partial charge on any atom is 0.225 e. The summed E-state index contributed by atoms with van der Waals surface area (Å²) in [5.41, 5.74) is 1.14. The smallest absolute Gasteiger partial charge is 0.225 e. The van der Waals surface area contributed by atoms with Crippen LogP contribution in [0.4, 0.5) is 0 Å². The van der Waals surface area contributed by atoms with Crippen molar-refractivity contribution < 1.29 is 9.53 Å². The van der Waals surface area contributed by atoms with Crippen molar-refractivity contribution in [2.75, 3.05) is 20.2 Å². The van der Waals surface area contributed by atoms with Gasteiger partial charge in [0.1, 0.15) is 5.75 Å². The largest absolute Gasteiger partial charge is 0.495 e. The standard InChI is InChI=1S/C18H27ClN2O2/c1-12(2)18(22)21-8-7-16(13(3)11-21)20-10-14-5-6-17(23-4)15(19)9-14/h5-6,9,12-13,16,20H,7-8,10-11H2,1-4H3/t13-,16+/m0/s1. The Hall–Kier alpha value is -1.26. The number of carbonyl (C=O) groups excluding carboxylic acids is 1. The van der Waals surface area contributed by atoms with Crippen molar-refractivity contribution in [1.29, 1.82) is 0 Å². The van der Waals surface area contributed by atoms with Crippen LogP contribution >= 0.6 is 11.6 Å². The summed E-state index contributed by atoms with van der Waals surface area (Å²) in [5, 5.41) is 4.24. The Morgan fingerprint density at radius 3 is 2.78 bits per heavy atom. The Morgan fingerprint density at radius 2 is 2.22 bits per heavy atom. The van der Waals surface area contributed by atoms with Crippen LogP contribution in [0.1, 0.15) is 32.8 Å². The Balaban J connectivity index is 1.87. The number of benzene rings is 1. The number of methoxy groups -OCH3 is 1. The van der Waals surface area contributed by atoms with Crippen molar-refractivity contribution in [3.05, 3.63) is 28.8 Å². The molecular formula is C18H27ClN2O2. The van der Waals surface area contributed by atoms with Gasteiger partial charge >= 0.3 is 0 Å². The Morgan fingerprint density at radius 1 is 1.48 bits per heavy atom. The summed E-state index contributed by atoms with van der Waals surface area (Å²) in [7, 11) is 1.62. The van der Waals surface area contributed by atoms with Gasteiger partial charge in [-0.05, 0) is 30.0 Å². The zero-order valence-electron chi connectivity index (χ0n) is 14.4. The third kappa shape index (κ3) is 4.61. The van der Waals surface area contributed by atoms with E-state index in [9.17, 15) is 4.79 Å². The number of hydrogen-bond acceptors (Lipinski definition) is 3. The quantitative estimate of drug-likeness (QED) is 0.895. The molecular weight excluding hydrogens is 312 g/mol. The number of halogens is 1. The summed E-state index contributed by atoms with van der Waals surface area (Å²) in [6.45, 7) is 8.57. The average Bonchev–Trinajstić information content (AvgIpc) is 2.53. The van der Waals surface area contributed by atoms with Crippen molar-refractivity contribution >= 4 is 17.5 Å². The highest BCUT2D eigenvalue weighted by atomic mass is 35.5. The highest BCUT2D eigenvalue weighted by molar-refractivity contribution is 6.32. The van der Waals surface area contributed by atoms with Crippen molar-refractivity contribution in [1.82, 2.24) is 10.2 Å². The third-order valence-corrected chi connectivity index (χ3v) is 4.79. The molecule has 2 rings (SSSR count). The van der Waals surface area contributed by atoms with Gasteiger partial charge in [-0.2, -0.15) is 0 Å². The molecule has 1 N–H and O–H groups in total. The molecule has 23 heavy (non-hydrogen) atoms. The molecule has 0 spiro atoms. The predicted octanol–water partition coefficient (Wildman–Crippen LogP) is 3.33. The van der Waals surface area contributed by atoms with Crippen molar-refractivity contribution in [3.63, 3.8) is 0 Å². The SMILES string of the molecule is COc1ccc(CN[C@@H]2CCN(C(=O)C(C)C)C[C@@H]2C)cc1Cl. The van der Waals surface area contributed by atoms with Crippen LogP contribution < -0.4 is 10.1 Å². The minimum Gasteiger partial charge on any atom is -0.495 e. The lowest BCUT2D eigenvalue weighted by atomic mass is 9.93. The number of ether oxygens (including phenoxy) is 1. The van der Waals surface area contributed by atoms with Gasteiger partial charge in [0.2, 0.25) is 5.91 Å². The molecule has 1 fully saturated rings. The summed E-state index contributed by atoms with van der Waals surface area (Å²) in [5.74, 6) is 1.48. The van der Waals surface area contributed by atoms with Crippen LogP contribution in [0.2, 0.25) is 5.02 Å². The lowest BCUT2D eigenvalue weighted by Gasteiger charge is -2.38. The maximum atomic E-state index is 12.1. The molecule has 1 aliphatic heterocycles. The van der Waals surface area contributed by atoms with E-state index in [-0.39, 0.29) is 11.8 Å². The molecule has 0 unspecified atom stereocenters. The highest BCUT2D eigenvalue weighted by Gasteiger charge is 2.29. The molecule has 4 nitrogen and oxygen atoms in total. The summed E-state index contributed by atoms with van der Waals surface area (Å²) in [6.07, 6.45) is 0.990. The molecule has 1 aromatic carbocycles. The molecule has 2 atom stereocenters. The predicted molar refractivity (Wildman–Crippen MR) is 93.8 cm³/mol. The summed E-state index contributed by atoms with van der Waals surface area (Å²) >= 11 is 6.17. The van der Waals surface area contributed by atoms with Gasteiger partial charge in [-0.25, -0.2) is 0 Å². The van der Waals surface area contributed by atoms with Crippen LogP contribution in [0.3, 0.4) is 0 Å². The van der Waals surface area contributed by atoms with E-state index in [1.165, 1.54) is 0 Å². The van der Waals surface area contributed by atoms with Crippen LogP contribution in [0, 0.1) is 11.8 Å². The van der Waals surface area contributed by atoms with E-state index in [0.29, 0.717) is 22.7 Å². The Bertz CT molecular complexity index is 548. The normalized spacial score (nSPS) is 21.6. The van der Waals surface area contributed by atoms with Gasteiger partial charge in [0.15, 0.2) is 0 Å². The monoisotopic (exact) mass is 338 g/mol. The lowest BCUT2D eigenvalue weighted by molar-refractivity contribution is -0.136. The summed E-state index contributed by atoms with van der Waals surface area (Å²) < 4.78 is 5.18. The van der Waals surface area contributed by atoms with E-state index >= 15 is 0 Å². The third-order valence-electron chi connectivity index (χ3n) is 4.50. The number of piperidine rings is 1. The van der Waals surface area contributed by atoms with E-state index in [1.807, 2.05) is 36.9 Å². The number of likely N-dealkylation sites (tertiary alicyclic amines) is 1. The molecule has 0 aliphatic carbocycles. The topological polar surface area (TPSA) is 41.6 Å². The first kappa shape index (κ1) is 18.1. The molecule has 0 saturated carbocycles. The van der Waals surface area contributed by atoms with Gasteiger partial charge in [-0.3, -0.25) is 4.79 Å². The maximum absolute atomic E-state index is 12.1. The lowest BCUT2D eigenvalue weighted by Crippen LogP contribution is -2.50. The fourth-order valence-corrected chi connectivity index (χ4v) is 3.36. The Labute approximate surface area is 144 Å². The molecule has 5 heteroatoms. The van der Waals surface area contributed by atoms with E-state index < -0.39 is 0 Å². The molecule has 0 aromatic heterocycles. The second kappa shape index (κ2) is 8.02. The van der Waals surface area contributed by atoms with Crippen molar-refractivity contribution in [3.8, 4) is 5.75 Å². The number of nitrogens with one attached hydrogen (secondary N) is 1. The first-order valence-electron chi connectivity index (χ1n) is 8.27. The van der Waals surface area contributed by atoms with E-state index in [1.54, 1.807) is 7.11 Å². The fraction of sp³-hybridized carbons (Fsp3) is 0.611. The van der Waals surface area contributed by atoms with E-state index in [2.05, 4.69) is 12.2 Å². The Kier molecular flexibility index (Phi) is 6.31. The zero-order valence-corrected chi connectivity index (χ0v) is 15.2. The first-order chi connectivity index (χ1) is 10.9. The number of carbonyl (C=O) groups is 1. The van der Waals surface area contributed by atoms with Crippen molar-refractivity contribution in [2.45, 2.75) is 39.8 Å². The second-order valence-corrected chi connectivity index (χ2v) is 7.07. The number of hydrogen-bond donors (Lipinski definition) is 1. The van der Waals surface area contributed by atoms with Crippen LogP contribution in [0.5, 0.6) is 5.75 Å². The molecule has 1 aliphatic rings. The van der Waals surface area contributed by atoms with Crippen molar-refractivity contribution in [2.24, 2.45) is 11.8 Å². The minimum absolute atomic E-state index is 0.0770. The van der Waals surface area contributed by atoms with Crippen LogP contribution in [0.25, 0.3) is 0 Å². The van der Waals surface area contributed by atoms with Gasteiger partial charge < -0.3 is 15.0 Å². The molecule has 0 bridgehead atoms. The fourth-order valence-electron chi connectivity index (χ4n) is 3.08. The van der Waals surface area contributed by atoms with Gasteiger partial charge in [-0.1, -0.05) is 38.4 Å². The molecule has 1 amide bonds. The van der Waals surface area contributed by atoms with Gasteiger partial charge in [0.25, 0.3) is 0 Å². The highest BCUT2D eigenvalue weighted by Crippen LogP contribution is 2.25. The number of amides is 1. The van der Waals surface area contributed by atoms with Crippen LogP contribution in [-0.4, -0.2) is 37.0 Å². The molecule has 1 heterocycles.